The fourth-order valence-electron chi connectivity index (χ4n) is 2.76. The molecule has 1 saturated heterocycles. The summed E-state index contributed by atoms with van der Waals surface area (Å²) >= 11 is 3.44. The second kappa shape index (κ2) is 8.13. The molecule has 0 saturated carbocycles. The van der Waals surface area contributed by atoms with E-state index in [4.69, 9.17) is 0 Å². The first-order chi connectivity index (χ1) is 9.69. The maximum atomic E-state index is 10.2. The molecular formula is C16H25BrN2O. The number of rotatable bonds is 6. The quantitative estimate of drug-likeness (QED) is 0.835. The lowest BCUT2D eigenvalue weighted by Gasteiger charge is -2.31. The zero-order chi connectivity index (χ0) is 14.4. The molecule has 1 aromatic carbocycles. The zero-order valence-corrected chi connectivity index (χ0v) is 13.8. The van der Waals surface area contributed by atoms with Gasteiger partial charge in [0.1, 0.15) is 0 Å². The predicted molar refractivity (Wildman–Crippen MR) is 86.8 cm³/mol. The summed E-state index contributed by atoms with van der Waals surface area (Å²) in [5, 5.41) is 13.6. The van der Waals surface area contributed by atoms with Crippen LogP contribution in [0.5, 0.6) is 0 Å². The number of aliphatic hydroxyl groups excluding tert-OH is 1. The Labute approximate surface area is 130 Å². The van der Waals surface area contributed by atoms with Gasteiger partial charge in [-0.15, -0.1) is 0 Å². The van der Waals surface area contributed by atoms with Crippen LogP contribution >= 0.6 is 15.9 Å². The van der Waals surface area contributed by atoms with Gasteiger partial charge in [-0.25, -0.2) is 0 Å². The standard InChI is InChI=1S/C16H25BrN2O/c1-2-19-8-6-13(7-9-19)11-18-12-16(20)14-4-3-5-15(17)10-14/h3-5,10,13,16,18,20H,2,6-9,11-12H2,1H3. The minimum atomic E-state index is -0.428. The van der Waals surface area contributed by atoms with E-state index in [1.165, 1.54) is 32.5 Å². The molecule has 0 amide bonds. The van der Waals surface area contributed by atoms with Crippen molar-refractivity contribution in [2.75, 3.05) is 32.7 Å². The molecule has 1 aliphatic heterocycles. The van der Waals surface area contributed by atoms with E-state index in [9.17, 15) is 5.11 Å². The highest BCUT2D eigenvalue weighted by Gasteiger charge is 2.18. The van der Waals surface area contributed by atoms with E-state index in [1.807, 2.05) is 24.3 Å². The van der Waals surface area contributed by atoms with Crippen molar-refractivity contribution >= 4 is 15.9 Å². The van der Waals surface area contributed by atoms with Crippen LogP contribution in [0.15, 0.2) is 28.7 Å². The number of nitrogens with one attached hydrogen (secondary N) is 1. The first-order valence-corrected chi connectivity index (χ1v) is 8.35. The molecule has 20 heavy (non-hydrogen) atoms. The van der Waals surface area contributed by atoms with E-state index in [0.29, 0.717) is 6.54 Å². The van der Waals surface area contributed by atoms with Crippen LogP contribution in [0.4, 0.5) is 0 Å². The summed E-state index contributed by atoms with van der Waals surface area (Å²) in [4.78, 5) is 2.51. The first-order valence-electron chi connectivity index (χ1n) is 7.55. The van der Waals surface area contributed by atoms with Gasteiger partial charge in [-0.05, 0) is 62.6 Å². The summed E-state index contributed by atoms with van der Waals surface area (Å²) in [7, 11) is 0. The van der Waals surface area contributed by atoms with Gasteiger partial charge < -0.3 is 15.3 Å². The molecule has 0 aliphatic carbocycles. The average molecular weight is 341 g/mol. The van der Waals surface area contributed by atoms with E-state index < -0.39 is 6.10 Å². The Morgan fingerprint density at radius 1 is 1.40 bits per heavy atom. The monoisotopic (exact) mass is 340 g/mol. The van der Waals surface area contributed by atoms with Crippen LogP contribution < -0.4 is 5.32 Å². The maximum absolute atomic E-state index is 10.2. The lowest BCUT2D eigenvalue weighted by molar-refractivity contribution is 0.161. The maximum Gasteiger partial charge on any atom is 0.0914 e. The van der Waals surface area contributed by atoms with Crippen LogP contribution in [0, 0.1) is 5.92 Å². The fourth-order valence-corrected chi connectivity index (χ4v) is 3.18. The normalized spacial score (nSPS) is 19.1. The van der Waals surface area contributed by atoms with Crippen molar-refractivity contribution in [2.24, 2.45) is 5.92 Å². The third kappa shape index (κ3) is 4.85. The van der Waals surface area contributed by atoms with E-state index in [1.54, 1.807) is 0 Å². The molecule has 0 aromatic heterocycles. The van der Waals surface area contributed by atoms with Crippen LogP contribution in [-0.2, 0) is 0 Å². The number of halogens is 1. The Kier molecular flexibility index (Phi) is 6.49. The van der Waals surface area contributed by atoms with Gasteiger partial charge in [-0.3, -0.25) is 0 Å². The molecule has 1 fully saturated rings. The molecule has 0 radical (unpaired) electrons. The lowest BCUT2D eigenvalue weighted by atomic mass is 9.96. The SMILES string of the molecule is CCN1CCC(CNCC(O)c2cccc(Br)c2)CC1. The largest absolute Gasteiger partial charge is 0.387 e. The van der Waals surface area contributed by atoms with Gasteiger partial charge in [0.05, 0.1) is 6.10 Å². The van der Waals surface area contributed by atoms with Crippen molar-refractivity contribution < 1.29 is 5.11 Å². The van der Waals surface area contributed by atoms with Crippen molar-refractivity contribution in [2.45, 2.75) is 25.9 Å². The number of hydrogen-bond acceptors (Lipinski definition) is 3. The Morgan fingerprint density at radius 3 is 2.80 bits per heavy atom. The molecule has 112 valence electrons. The highest BCUT2D eigenvalue weighted by Crippen LogP contribution is 2.19. The molecule has 0 spiro atoms. The second-order valence-corrected chi connectivity index (χ2v) is 6.52. The van der Waals surface area contributed by atoms with Gasteiger partial charge in [0.2, 0.25) is 0 Å². The van der Waals surface area contributed by atoms with Crippen LogP contribution in [0.1, 0.15) is 31.4 Å². The van der Waals surface area contributed by atoms with Crippen molar-refractivity contribution in [3.63, 3.8) is 0 Å². The van der Waals surface area contributed by atoms with E-state index in [0.717, 1.165) is 22.5 Å². The highest BCUT2D eigenvalue weighted by molar-refractivity contribution is 9.10. The molecule has 1 atom stereocenters. The molecular weight excluding hydrogens is 316 g/mol. The third-order valence-electron chi connectivity index (χ3n) is 4.16. The first kappa shape index (κ1) is 16.0. The van der Waals surface area contributed by atoms with Crippen molar-refractivity contribution in [1.82, 2.24) is 10.2 Å². The molecule has 2 rings (SSSR count). The molecule has 4 heteroatoms. The molecule has 1 heterocycles. The fraction of sp³-hybridized carbons (Fsp3) is 0.625. The van der Waals surface area contributed by atoms with Gasteiger partial charge in [-0.1, -0.05) is 35.0 Å². The summed E-state index contributed by atoms with van der Waals surface area (Å²) < 4.78 is 1.01. The van der Waals surface area contributed by atoms with E-state index in [-0.39, 0.29) is 0 Å². The van der Waals surface area contributed by atoms with Crippen molar-refractivity contribution in [3.05, 3.63) is 34.3 Å². The highest BCUT2D eigenvalue weighted by atomic mass is 79.9. The van der Waals surface area contributed by atoms with E-state index >= 15 is 0 Å². The number of aliphatic hydroxyl groups is 1. The summed E-state index contributed by atoms with van der Waals surface area (Å²) in [5.74, 6) is 0.757. The predicted octanol–water partition coefficient (Wildman–Crippen LogP) is 2.80. The number of piperidine rings is 1. The Hall–Kier alpha value is -0.420. The lowest BCUT2D eigenvalue weighted by Crippen LogP contribution is -2.37. The van der Waals surface area contributed by atoms with E-state index in [2.05, 4.69) is 33.1 Å². The van der Waals surface area contributed by atoms with Gasteiger partial charge in [0.15, 0.2) is 0 Å². The summed E-state index contributed by atoms with van der Waals surface area (Å²) in [5.41, 5.74) is 0.965. The number of hydrogen-bond donors (Lipinski definition) is 2. The second-order valence-electron chi connectivity index (χ2n) is 5.61. The molecule has 2 N–H and O–H groups in total. The van der Waals surface area contributed by atoms with Crippen LogP contribution in [0.2, 0.25) is 0 Å². The minimum Gasteiger partial charge on any atom is -0.387 e. The Morgan fingerprint density at radius 2 is 2.15 bits per heavy atom. The van der Waals surface area contributed by atoms with Crippen LogP contribution in [-0.4, -0.2) is 42.7 Å². The number of benzene rings is 1. The molecule has 1 aromatic rings. The Bertz CT molecular complexity index is 405. The van der Waals surface area contributed by atoms with Crippen molar-refractivity contribution in [3.8, 4) is 0 Å². The number of nitrogens with zero attached hydrogens (tertiary/aromatic N) is 1. The summed E-state index contributed by atoms with van der Waals surface area (Å²) in [6.07, 6.45) is 2.12. The zero-order valence-electron chi connectivity index (χ0n) is 12.2. The topological polar surface area (TPSA) is 35.5 Å². The minimum absolute atomic E-state index is 0.428. The van der Waals surface area contributed by atoms with Crippen molar-refractivity contribution in [1.29, 1.82) is 0 Å². The summed E-state index contributed by atoms with van der Waals surface area (Å²) in [6.45, 7) is 7.48. The van der Waals surface area contributed by atoms with Gasteiger partial charge in [0, 0.05) is 11.0 Å². The number of likely N-dealkylation sites (tertiary alicyclic amines) is 1. The van der Waals surface area contributed by atoms with Crippen LogP contribution in [0.25, 0.3) is 0 Å². The smallest absolute Gasteiger partial charge is 0.0914 e. The molecule has 1 aliphatic rings. The molecule has 1 unspecified atom stereocenters. The van der Waals surface area contributed by atoms with Gasteiger partial charge in [0.25, 0.3) is 0 Å². The third-order valence-corrected chi connectivity index (χ3v) is 4.65. The van der Waals surface area contributed by atoms with Gasteiger partial charge in [-0.2, -0.15) is 0 Å². The average Bonchev–Trinajstić information content (AvgIpc) is 2.48. The Balaban J connectivity index is 1.68. The molecule has 3 nitrogen and oxygen atoms in total. The molecule has 0 bridgehead atoms. The van der Waals surface area contributed by atoms with Crippen LogP contribution in [0.3, 0.4) is 0 Å². The summed E-state index contributed by atoms with van der Waals surface area (Å²) in [6, 6.07) is 7.89. The van der Waals surface area contributed by atoms with Gasteiger partial charge >= 0.3 is 0 Å².